The Kier molecular flexibility index (Phi) is 4.24. The highest BCUT2D eigenvalue weighted by Gasteiger charge is 2.18. The zero-order valence-corrected chi connectivity index (χ0v) is 15.3. The van der Waals surface area contributed by atoms with E-state index >= 15 is 0 Å². The number of fused-ring (bicyclic) bond motifs is 2. The highest BCUT2D eigenvalue weighted by molar-refractivity contribution is 6.34. The van der Waals surface area contributed by atoms with Gasteiger partial charge in [-0.25, -0.2) is 0 Å². The molecule has 1 aliphatic heterocycles. The van der Waals surface area contributed by atoms with Crippen LogP contribution < -0.4 is 14.8 Å². The van der Waals surface area contributed by atoms with E-state index < -0.39 is 0 Å². The van der Waals surface area contributed by atoms with Gasteiger partial charge in [0.25, 0.3) is 0 Å². The summed E-state index contributed by atoms with van der Waals surface area (Å²) in [6, 6.07) is 7.37. The molecule has 5 nitrogen and oxygen atoms in total. The van der Waals surface area contributed by atoms with E-state index in [1.54, 1.807) is 18.4 Å². The highest BCUT2D eigenvalue weighted by atomic mass is 35.5. The minimum Gasteiger partial charge on any atom is -0.486 e. The summed E-state index contributed by atoms with van der Waals surface area (Å²) in [6.07, 6.45) is 1.84. The van der Waals surface area contributed by atoms with E-state index in [2.05, 4.69) is 5.32 Å². The number of hydrogen-bond donors (Lipinski definition) is 1. The average molecular weight is 372 g/mol. The first-order valence-corrected chi connectivity index (χ1v) is 8.76. The fraction of sp³-hybridized carbons (Fsp3) is 0.250. The summed E-state index contributed by atoms with van der Waals surface area (Å²) < 4.78 is 16.7. The third-order valence-corrected chi connectivity index (χ3v) is 4.91. The third kappa shape index (κ3) is 2.99. The number of halogens is 1. The normalized spacial score (nSPS) is 13.0. The Morgan fingerprint density at radius 3 is 2.65 bits per heavy atom. The van der Waals surface area contributed by atoms with Crippen LogP contribution in [0.5, 0.6) is 11.5 Å². The van der Waals surface area contributed by atoms with E-state index in [-0.39, 0.29) is 12.3 Å². The second-order valence-electron chi connectivity index (χ2n) is 6.35. The van der Waals surface area contributed by atoms with E-state index in [1.165, 1.54) is 0 Å². The first kappa shape index (κ1) is 16.8. The van der Waals surface area contributed by atoms with Crippen LogP contribution in [0.3, 0.4) is 0 Å². The molecule has 134 valence electrons. The summed E-state index contributed by atoms with van der Waals surface area (Å²) in [5, 5.41) is 4.20. The number of carbonyl (C=O) groups excluding carboxylic acids is 1. The average Bonchev–Trinajstić information content (AvgIpc) is 3.02. The molecule has 0 fully saturated rings. The van der Waals surface area contributed by atoms with Gasteiger partial charge in [-0.15, -0.1) is 0 Å². The van der Waals surface area contributed by atoms with Gasteiger partial charge < -0.3 is 19.2 Å². The van der Waals surface area contributed by atoms with Crippen LogP contribution in [0.25, 0.3) is 11.0 Å². The number of aryl methyl sites for hydroxylation is 2. The first-order chi connectivity index (χ1) is 12.5. The fourth-order valence-corrected chi connectivity index (χ4v) is 3.25. The van der Waals surface area contributed by atoms with Crippen molar-refractivity contribution in [2.45, 2.75) is 20.3 Å². The molecule has 1 N–H and O–H groups in total. The predicted molar refractivity (Wildman–Crippen MR) is 100 cm³/mol. The largest absolute Gasteiger partial charge is 0.486 e. The molecule has 3 aromatic rings. The van der Waals surface area contributed by atoms with Crippen molar-refractivity contribution in [2.24, 2.45) is 0 Å². The maximum Gasteiger partial charge on any atom is 0.228 e. The Labute approximate surface area is 155 Å². The lowest BCUT2D eigenvalue weighted by molar-refractivity contribution is -0.115. The lowest BCUT2D eigenvalue weighted by Gasteiger charge is -2.20. The number of nitrogens with one attached hydrogen (secondary N) is 1. The molecule has 2 aromatic carbocycles. The summed E-state index contributed by atoms with van der Waals surface area (Å²) in [6.45, 7) is 5.01. The highest BCUT2D eigenvalue weighted by Crippen LogP contribution is 2.38. The quantitative estimate of drug-likeness (QED) is 0.727. The molecule has 1 amide bonds. The lowest BCUT2D eigenvalue weighted by atomic mass is 10.0. The molecule has 1 aromatic heterocycles. The zero-order valence-electron chi connectivity index (χ0n) is 14.5. The summed E-state index contributed by atoms with van der Waals surface area (Å²) >= 11 is 6.25. The number of amides is 1. The van der Waals surface area contributed by atoms with Gasteiger partial charge in [-0.05, 0) is 25.0 Å². The maximum atomic E-state index is 12.5. The molecule has 0 saturated heterocycles. The van der Waals surface area contributed by atoms with Gasteiger partial charge in [0, 0.05) is 23.1 Å². The van der Waals surface area contributed by atoms with Crippen LogP contribution in [-0.4, -0.2) is 19.1 Å². The molecule has 0 saturated carbocycles. The van der Waals surface area contributed by atoms with Gasteiger partial charge in [0.15, 0.2) is 11.5 Å². The summed E-state index contributed by atoms with van der Waals surface area (Å²) in [7, 11) is 0. The fourth-order valence-electron chi connectivity index (χ4n) is 3.05. The molecule has 4 rings (SSSR count). The summed E-state index contributed by atoms with van der Waals surface area (Å²) in [5.74, 6) is 0.992. The lowest BCUT2D eigenvalue weighted by Crippen LogP contribution is -2.17. The molecule has 0 bridgehead atoms. The Hall–Kier alpha value is -2.66. The Balaban J connectivity index is 1.56. The minimum absolute atomic E-state index is 0.176. The summed E-state index contributed by atoms with van der Waals surface area (Å²) in [4.78, 5) is 12.5. The first-order valence-electron chi connectivity index (χ1n) is 8.38. The van der Waals surface area contributed by atoms with Crippen LogP contribution >= 0.6 is 11.6 Å². The van der Waals surface area contributed by atoms with Gasteiger partial charge in [-0.2, -0.15) is 0 Å². The van der Waals surface area contributed by atoms with E-state index in [1.807, 2.05) is 26.0 Å². The Morgan fingerprint density at radius 1 is 1.15 bits per heavy atom. The van der Waals surface area contributed by atoms with Gasteiger partial charge in [-0.3, -0.25) is 4.79 Å². The van der Waals surface area contributed by atoms with Crippen molar-refractivity contribution in [2.75, 3.05) is 18.5 Å². The van der Waals surface area contributed by atoms with Crippen molar-refractivity contribution in [1.29, 1.82) is 0 Å². The van der Waals surface area contributed by atoms with Gasteiger partial charge in [0.2, 0.25) is 5.91 Å². The molecule has 26 heavy (non-hydrogen) atoms. The second-order valence-corrected chi connectivity index (χ2v) is 6.75. The third-order valence-electron chi connectivity index (χ3n) is 4.60. The molecule has 0 atom stereocenters. The number of rotatable bonds is 3. The van der Waals surface area contributed by atoms with E-state index in [0.717, 1.165) is 27.7 Å². The molecule has 0 radical (unpaired) electrons. The van der Waals surface area contributed by atoms with Crippen LogP contribution in [-0.2, 0) is 11.2 Å². The topological polar surface area (TPSA) is 60.7 Å². The molecule has 6 heteroatoms. The molecule has 0 aliphatic carbocycles. The van der Waals surface area contributed by atoms with Crippen molar-refractivity contribution >= 4 is 34.2 Å². The van der Waals surface area contributed by atoms with E-state index in [4.69, 9.17) is 25.5 Å². The standard InChI is InChI=1S/C20H18ClNO4/c1-11-3-4-14-13(10-26-20(14)12(11)2)7-19(23)22-16-9-18-17(8-15(16)21)24-5-6-25-18/h3-4,8-10H,5-7H2,1-2H3,(H,22,23). The number of benzene rings is 2. The van der Waals surface area contributed by atoms with E-state index in [0.29, 0.717) is 35.4 Å². The molecule has 0 unspecified atom stereocenters. The number of hydrogen-bond acceptors (Lipinski definition) is 4. The Morgan fingerprint density at radius 2 is 1.88 bits per heavy atom. The van der Waals surface area contributed by atoms with Crippen LogP contribution in [0.15, 0.2) is 34.9 Å². The van der Waals surface area contributed by atoms with Crippen molar-refractivity contribution in [3.05, 3.63) is 52.2 Å². The molecular formula is C20H18ClNO4. The summed E-state index contributed by atoms with van der Waals surface area (Å²) in [5.41, 5.74) is 4.41. The van der Waals surface area contributed by atoms with Crippen LogP contribution in [0, 0.1) is 13.8 Å². The minimum atomic E-state index is -0.176. The van der Waals surface area contributed by atoms with E-state index in [9.17, 15) is 4.79 Å². The van der Waals surface area contributed by atoms with Crippen LogP contribution in [0.2, 0.25) is 5.02 Å². The van der Waals surface area contributed by atoms with Gasteiger partial charge >= 0.3 is 0 Å². The van der Waals surface area contributed by atoms with Gasteiger partial charge in [0.1, 0.15) is 18.8 Å². The van der Waals surface area contributed by atoms with Crippen molar-refractivity contribution < 1.29 is 18.7 Å². The zero-order chi connectivity index (χ0) is 18.3. The smallest absolute Gasteiger partial charge is 0.228 e. The number of furan rings is 1. The molecular weight excluding hydrogens is 354 g/mol. The van der Waals surface area contributed by atoms with Crippen LogP contribution in [0.1, 0.15) is 16.7 Å². The second kappa shape index (κ2) is 6.57. The number of ether oxygens (including phenoxy) is 2. The molecule has 2 heterocycles. The van der Waals surface area contributed by atoms with Crippen molar-refractivity contribution in [1.82, 2.24) is 0 Å². The predicted octanol–water partition coefficient (Wildman–Crippen LogP) is 4.66. The van der Waals surface area contributed by atoms with Crippen LogP contribution in [0.4, 0.5) is 5.69 Å². The van der Waals surface area contributed by atoms with Crippen molar-refractivity contribution in [3.8, 4) is 11.5 Å². The maximum absolute atomic E-state index is 12.5. The van der Waals surface area contributed by atoms with Crippen molar-refractivity contribution in [3.63, 3.8) is 0 Å². The SMILES string of the molecule is Cc1ccc2c(CC(=O)Nc3cc4c(cc3Cl)OCCO4)coc2c1C. The number of carbonyl (C=O) groups is 1. The monoisotopic (exact) mass is 371 g/mol. The Bertz CT molecular complexity index is 1010. The van der Waals surface area contributed by atoms with Gasteiger partial charge in [-0.1, -0.05) is 23.7 Å². The van der Waals surface area contributed by atoms with Gasteiger partial charge in [0.05, 0.1) is 23.4 Å². The molecule has 0 spiro atoms. The molecule has 1 aliphatic rings. The number of anilines is 1.